The van der Waals surface area contributed by atoms with Crippen LogP contribution in [0.3, 0.4) is 0 Å². The molecule has 1 heterocycles. The molecule has 21 heteroatoms. The summed E-state index contributed by atoms with van der Waals surface area (Å²) in [6.07, 6.45) is 3.75. The average Bonchev–Trinajstić information content (AvgIpc) is 3.55. The molecule has 1 aromatic heterocycles. The third-order valence-electron chi connectivity index (χ3n) is 8.68. The fourth-order valence-corrected chi connectivity index (χ4v) is 5.54. The number of nitrogens with two attached hydrogens (primary N) is 6. The minimum Gasteiger partial charge on any atom is -0.480 e. The molecule has 0 aliphatic heterocycles. The highest BCUT2D eigenvalue weighted by molar-refractivity contribution is 5.96. The van der Waals surface area contributed by atoms with E-state index in [1.165, 1.54) is 13.8 Å². The Balaban J connectivity index is 2.11. The van der Waals surface area contributed by atoms with Gasteiger partial charge in [0.2, 0.25) is 29.5 Å². The molecular formula is C35H58N14O7. The highest BCUT2D eigenvalue weighted by Crippen LogP contribution is 2.19. The number of nitrogens with one attached hydrogen (secondary N) is 6. The maximum absolute atomic E-state index is 13.5. The number of aliphatic imine (C=N–C) groups is 2. The molecule has 0 radical (unpaired) electrons. The lowest BCUT2D eigenvalue weighted by molar-refractivity contribution is -0.142. The number of aromatic nitrogens is 1. The first-order valence-electron chi connectivity index (χ1n) is 18.4. The lowest BCUT2D eigenvalue weighted by Gasteiger charge is -2.25. The van der Waals surface area contributed by atoms with Gasteiger partial charge < -0.3 is 71.1 Å². The summed E-state index contributed by atoms with van der Waals surface area (Å²) in [6, 6.07) is 0.426. The van der Waals surface area contributed by atoms with Crippen molar-refractivity contribution in [3.63, 3.8) is 0 Å². The first kappa shape index (κ1) is 46.2. The predicted octanol–water partition coefficient (Wildman–Crippen LogP) is -3.18. The summed E-state index contributed by atoms with van der Waals surface area (Å²) in [5, 5.41) is 23.6. The molecule has 0 spiro atoms. The van der Waals surface area contributed by atoms with Crippen molar-refractivity contribution in [3.05, 3.63) is 36.0 Å². The number of carbonyl (C=O) groups excluding carboxylic acids is 5. The van der Waals surface area contributed by atoms with E-state index in [4.69, 9.17) is 34.4 Å². The fourth-order valence-electron chi connectivity index (χ4n) is 5.54. The maximum atomic E-state index is 13.5. The van der Waals surface area contributed by atoms with Gasteiger partial charge in [0.1, 0.15) is 30.2 Å². The van der Waals surface area contributed by atoms with Gasteiger partial charge in [0.15, 0.2) is 11.9 Å². The predicted molar refractivity (Wildman–Crippen MR) is 211 cm³/mol. The molecule has 21 nitrogen and oxygen atoms in total. The molecule has 6 atom stereocenters. The van der Waals surface area contributed by atoms with Crippen LogP contribution in [0.15, 0.2) is 40.4 Å². The van der Waals surface area contributed by atoms with Crippen molar-refractivity contribution < 1.29 is 33.9 Å². The standard InChI is InChI=1S/C35H58N14O7/c1-19(45-30(52)23(37)10-7-15-42-34(38)39)28(50)48-26(13-8-16-43-35(40)41)31(53)46-20(2)29(51)47-25(12-5-6-14-36)32(54)49-27(33(55)56)17-21-18-44-24-11-4-3-9-22(21)24/h3-4,9,11,18-20,23,25-27,44H,5-8,10,12-17,36-37H2,1-2H3,(H,45,52)(H,46,53)(H,47,51)(H,48,50)(H,49,54)(H,55,56)(H4,38,39,42)(H4,40,41,43)/t19-,20-,23-,25-,26-,27-/m0/s1. The Morgan fingerprint density at radius 1 is 0.679 bits per heavy atom. The molecule has 0 fully saturated rings. The van der Waals surface area contributed by atoms with Gasteiger partial charge in [-0.25, -0.2) is 4.79 Å². The summed E-state index contributed by atoms with van der Waals surface area (Å²) in [5.74, 6) is -5.03. The van der Waals surface area contributed by atoms with Gasteiger partial charge in [-0.05, 0) is 77.0 Å². The van der Waals surface area contributed by atoms with Crippen LogP contribution in [0.2, 0.25) is 0 Å². The number of hydrogen-bond acceptors (Lipinski definition) is 10. The number of aromatic amines is 1. The zero-order valence-electron chi connectivity index (χ0n) is 31.9. The number of aliphatic carboxylic acids is 1. The Morgan fingerprint density at radius 3 is 1.73 bits per heavy atom. The molecule has 0 bridgehead atoms. The number of amides is 5. The van der Waals surface area contributed by atoms with Crippen molar-refractivity contribution in [2.45, 2.75) is 101 Å². The van der Waals surface area contributed by atoms with Gasteiger partial charge in [-0.1, -0.05) is 18.2 Å². The van der Waals surface area contributed by atoms with E-state index in [2.05, 4.69) is 41.6 Å². The minimum atomic E-state index is -1.31. The van der Waals surface area contributed by atoms with Crippen molar-refractivity contribution in [3.8, 4) is 0 Å². The van der Waals surface area contributed by atoms with Gasteiger partial charge in [0, 0.05) is 36.6 Å². The number of nitrogens with zero attached hydrogens (tertiary/aromatic N) is 2. The Kier molecular flexibility index (Phi) is 19.6. The number of carboxylic acids is 1. The van der Waals surface area contributed by atoms with Crippen molar-refractivity contribution in [1.82, 2.24) is 31.6 Å². The summed E-state index contributed by atoms with van der Waals surface area (Å²) in [5.41, 5.74) is 34.5. The SMILES string of the molecule is C[C@H](NC(=O)[C@H](CCCN=C(N)N)NC(=O)[C@H](C)NC(=O)[C@@H](N)CCCN=C(N)N)C(=O)N[C@@H](CCCCN)C(=O)N[C@@H](Cc1c[nH]c2ccccc12)C(=O)O. The summed E-state index contributed by atoms with van der Waals surface area (Å²) >= 11 is 0. The average molecular weight is 787 g/mol. The van der Waals surface area contributed by atoms with Crippen molar-refractivity contribution in [1.29, 1.82) is 0 Å². The highest BCUT2D eigenvalue weighted by atomic mass is 16.4. The van der Waals surface area contributed by atoms with Crippen molar-refractivity contribution in [2.24, 2.45) is 44.4 Å². The van der Waals surface area contributed by atoms with Crippen LogP contribution in [0.1, 0.15) is 64.4 Å². The molecule has 2 aromatic rings. The van der Waals surface area contributed by atoms with Gasteiger partial charge in [-0.2, -0.15) is 0 Å². The fraction of sp³-hybridized carbons (Fsp3) is 0.543. The van der Waals surface area contributed by atoms with E-state index in [1.54, 1.807) is 6.20 Å². The second-order valence-electron chi connectivity index (χ2n) is 13.3. The zero-order chi connectivity index (χ0) is 41.8. The molecule has 0 aliphatic carbocycles. The molecule has 2 rings (SSSR count). The van der Waals surface area contributed by atoms with Crippen molar-refractivity contribution in [2.75, 3.05) is 19.6 Å². The highest BCUT2D eigenvalue weighted by Gasteiger charge is 2.31. The van der Waals surface area contributed by atoms with E-state index in [1.807, 2.05) is 24.3 Å². The number of fused-ring (bicyclic) bond motifs is 1. The number of guanidine groups is 2. The molecule has 0 unspecified atom stereocenters. The van der Waals surface area contributed by atoms with Gasteiger partial charge in [0.25, 0.3) is 0 Å². The number of benzene rings is 1. The number of carbonyl (C=O) groups is 6. The van der Waals surface area contributed by atoms with Crippen LogP contribution in [0.5, 0.6) is 0 Å². The maximum Gasteiger partial charge on any atom is 0.326 e. The van der Waals surface area contributed by atoms with Crippen LogP contribution in [0.4, 0.5) is 0 Å². The molecule has 5 amide bonds. The molecule has 0 saturated heterocycles. The van der Waals surface area contributed by atoms with Crippen LogP contribution in [-0.2, 0) is 35.2 Å². The normalized spacial score (nSPS) is 14.1. The molecule has 19 N–H and O–H groups in total. The third kappa shape index (κ3) is 16.2. The first-order valence-corrected chi connectivity index (χ1v) is 18.4. The van der Waals surface area contributed by atoms with E-state index in [0.717, 1.165) is 10.9 Å². The number of hydrogen-bond donors (Lipinski definition) is 13. The van der Waals surface area contributed by atoms with Gasteiger partial charge in [0.05, 0.1) is 6.04 Å². The largest absolute Gasteiger partial charge is 0.480 e. The monoisotopic (exact) mass is 786 g/mol. The lowest BCUT2D eigenvalue weighted by atomic mass is 10.0. The van der Waals surface area contributed by atoms with Crippen LogP contribution in [-0.4, -0.2) is 113 Å². The summed E-state index contributed by atoms with van der Waals surface area (Å²) < 4.78 is 0. The Bertz CT molecular complexity index is 1690. The summed E-state index contributed by atoms with van der Waals surface area (Å²) in [7, 11) is 0. The lowest BCUT2D eigenvalue weighted by Crippen LogP contribution is -2.58. The zero-order valence-corrected chi connectivity index (χ0v) is 31.9. The summed E-state index contributed by atoms with van der Waals surface area (Å²) in [6.45, 7) is 3.53. The minimum absolute atomic E-state index is 0.0207. The smallest absolute Gasteiger partial charge is 0.326 e. The van der Waals surface area contributed by atoms with Crippen LogP contribution >= 0.6 is 0 Å². The second kappa shape index (κ2) is 23.7. The second-order valence-corrected chi connectivity index (χ2v) is 13.3. The topological polar surface area (TPSA) is 379 Å². The molecule has 0 saturated carbocycles. The third-order valence-corrected chi connectivity index (χ3v) is 8.68. The van der Waals surface area contributed by atoms with Crippen LogP contribution in [0, 0.1) is 0 Å². The van der Waals surface area contributed by atoms with E-state index in [-0.39, 0.29) is 57.1 Å². The Labute approximate surface area is 325 Å². The number of rotatable bonds is 25. The van der Waals surface area contributed by atoms with Crippen LogP contribution in [0.25, 0.3) is 10.9 Å². The van der Waals surface area contributed by atoms with Gasteiger partial charge >= 0.3 is 5.97 Å². The number of para-hydroxylation sites is 1. The van der Waals surface area contributed by atoms with Crippen molar-refractivity contribution >= 4 is 58.3 Å². The number of carboxylic acid groups (broad SMARTS) is 1. The van der Waals surface area contributed by atoms with E-state index in [0.29, 0.717) is 31.4 Å². The Hall–Kier alpha value is -5.96. The molecule has 56 heavy (non-hydrogen) atoms. The van der Waals surface area contributed by atoms with E-state index in [9.17, 15) is 33.9 Å². The quantitative estimate of drug-likeness (QED) is 0.0269. The van der Waals surface area contributed by atoms with Crippen LogP contribution < -0.4 is 61.0 Å². The molecule has 0 aliphatic rings. The number of unbranched alkanes of at least 4 members (excludes halogenated alkanes) is 1. The first-order chi connectivity index (χ1) is 26.5. The van der Waals surface area contributed by atoms with Gasteiger partial charge in [-0.15, -0.1) is 0 Å². The molecular weight excluding hydrogens is 728 g/mol. The molecule has 1 aromatic carbocycles. The Morgan fingerprint density at radius 2 is 1.18 bits per heavy atom. The summed E-state index contributed by atoms with van der Waals surface area (Å²) in [4.78, 5) is 89.1. The van der Waals surface area contributed by atoms with Gasteiger partial charge in [-0.3, -0.25) is 34.0 Å². The van der Waals surface area contributed by atoms with E-state index < -0.39 is 71.8 Å². The number of H-pyrrole nitrogens is 1. The molecule has 310 valence electrons. The van der Waals surface area contributed by atoms with E-state index >= 15 is 0 Å².